The summed E-state index contributed by atoms with van der Waals surface area (Å²) in [5.74, 6) is -9.79. The molecule has 0 aromatic carbocycles. The van der Waals surface area contributed by atoms with Crippen LogP contribution in [-0.2, 0) is 19.2 Å². The topological polar surface area (TPSA) is 212 Å². The van der Waals surface area contributed by atoms with Crippen molar-refractivity contribution in [2.75, 3.05) is 0 Å². The molecule has 2 atom stereocenters. The molecule has 2 unspecified atom stereocenters. The second-order valence-corrected chi connectivity index (χ2v) is 3.09. The third-order valence-electron chi connectivity index (χ3n) is 1.91. The Hall–Kier alpha value is -2.20. The molecule has 0 fully saturated rings. The van der Waals surface area contributed by atoms with Crippen LogP contribution in [0.4, 0.5) is 0 Å². The van der Waals surface area contributed by atoms with E-state index in [4.69, 9.17) is 20.4 Å². The van der Waals surface area contributed by atoms with E-state index >= 15 is 0 Å². The molecule has 0 heterocycles. The van der Waals surface area contributed by atoms with Gasteiger partial charge in [0.25, 0.3) is 0 Å². The highest BCUT2D eigenvalue weighted by Crippen LogP contribution is 2.20. The highest BCUT2D eigenvalue weighted by molar-refractivity contribution is 5.86. The first-order valence-corrected chi connectivity index (χ1v) is 4.15. The van der Waals surface area contributed by atoms with Gasteiger partial charge in [-0.15, -0.1) is 0 Å². The summed E-state index contributed by atoms with van der Waals surface area (Å²) >= 11 is 0. The van der Waals surface area contributed by atoms with Crippen molar-refractivity contribution in [2.45, 2.75) is 12.8 Å². The first-order chi connectivity index (χ1) is 7.25. The van der Waals surface area contributed by atoms with Crippen molar-refractivity contribution >= 4 is 23.9 Å². The summed E-state index contributed by atoms with van der Waals surface area (Å²) in [6, 6.07) is 0. The molecule has 0 saturated heterocycles. The molecule has 0 aromatic rings. The van der Waals surface area contributed by atoms with E-state index in [0.717, 1.165) is 0 Å². The van der Waals surface area contributed by atoms with Crippen molar-refractivity contribution in [1.82, 2.24) is 0 Å². The molecule has 0 amide bonds. The van der Waals surface area contributed by atoms with Crippen LogP contribution in [-0.4, -0.2) is 55.3 Å². The standard InChI is InChI=1S/C8H10O8.2H2O/c9-5(10)1-3(7(13)14)4(8(15)16)2-6(11)12;;/h3-4H,1-2H2,(H,9,10)(H,11,12)(H,13,14)(H,15,16);2*1H2. The van der Waals surface area contributed by atoms with Gasteiger partial charge in [0.15, 0.2) is 0 Å². The highest BCUT2D eigenvalue weighted by atomic mass is 16.4. The number of carbonyl (C=O) groups is 4. The van der Waals surface area contributed by atoms with Gasteiger partial charge in [0.1, 0.15) is 0 Å². The van der Waals surface area contributed by atoms with Gasteiger partial charge in [-0.2, -0.15) is 0 Å². The van der Waals surface area contributed by atoms with Crippen LogP contribution in [0, 0.1) is 11.8 Å². The monoisotopic (exact) mass is 270 g/mol. The van der Waals surface area contributed by atoms with Crippen molar-refractivity contribution in [2.24, 2.45) is 11.8 Å². The van der Waals surface area contributed by atoms with E-state index in [1.165, 1.54) is 0 Å². The highest BCUT2D eigenvalue weighted by Gasteiger charge is 2.36. The molecule has 0 aliphatic heterocycles. The van der Waals surface area contributed by atoms with Gasteiger partial charge in [0, 0.05) is 0 Å². The summed E-state index contributed by atoms with van der Waals surface area (Å²) < 4.78 is 0. The maximum atomic E-state index is 10.6. The number of rotatable bonds is 7. The van der Waals surface area contributed by atoms with E-state index in [9.17, 15) is 19.2 Å². The van der Waals surface area contributed by atoms with E-state index in [1.807, 2.05) is 0 Å². The number of hydrogen-bond acceptors (Lipinski definition) is 4. The molecule has 106 valence electrons. The molecule has 8 N–H and O–H groups in total. The van der Waals surface area contributed by atoms with E-state index in [2.05, 4.69) is 0 Å². The third kappa shape index (κ3) is 7.14. The van der Waals surface area contributed by atoms with Gasteiger partial charge < -0.3 is 31.4 Å². The van der Waals surface area contributed by atoms with Crippen LogP contribution >= 0.6 is 0 Å². The maximum Gasteiger partial charge on any atom is 0.307 e. The van der Waals surface area contributed by atoms with Gasteiger partial charge in [-0.1, -0.05) is 0 Å². The fourth-order valence-corrected chi connectivity index (χ4v) is 1.18. The number of aliphatic carboxylic acids is 4. The van der Waals surface area contributed by atoms with E-state index < -0.39 is 48.6 Å². The fourth-order valence-electron chi connectivity index (χ4n) is 1.18. The van der Waals surface area contributed by atoms with Crippen LogP contribution < -0.4 is 0 Å². The van der Waals surface area contributed by atoms with Gasteiger partial charge >= 0.3 is 23.9 Å². The molecule has 0 radical (unpaired) electrons. The Morgan fingerprint density at radius 1 is 0.667 bits per heavy atom. The summed E-state index contributed by atoms with van der Waals surface area (Å²) in [7, 11) is 0. The lowest BCUT2D eigenvalue weighted by Gasteiger charge is -2.16. The lowest BCUT2D eigenvalue weighted by molar-refractivity contribution is -0.160. The summed E-state index contributed by atoms with van der Waals surface area (Å²) in [4.78, 5) is 41.9. The van der Waals surface area contributed by atoms with Gasteiger partial charge in [0.2, 0.25) is 0 Å². The summed E-state index contributed by atoms with van der Waals surface area (Å²) in [6.45, 7) is 0. The first-order valence-electron chi connectivity index (χ1n) is 4.15. The zero-order valence-electron chi connectivity index (χ0n) is 8.99. The quantitative estimate of drug-likeness (QED) is 0.393. The molecule has 0 rings (SSSR count). The van der Waals surface area contributed by atoms with E-state index in [1.54, 1.807) is 0 Å². The van der Waals surface area contributed by atoms with Gasteiger partial charge in [-0.05, 0) is 0 Å². The molecular weight excluding hydrogens is 256 g/mol. The van der Waals surface area contributed by atoms with E-state index in [0.29, 0.717) is 0 Å². The predicted molar refractivity (Wildman–Crippen MR) is 54.0 cm³/mol. The second kappa shape index (κ2) is 8.90. The lowest BCUT2D eigenvalue weighted by Crippen LogP contribution is -2.33. The molecule has 0 bridgehead atoms. The Labute approximate surface area is 100 Å². The Bertz CT molecular complexity index is 290. The molecule has 0 aliphatic rings. The molecule has 10 nitrogen and oxygen atoms in total. The molecule has 10 heteroatoms. The third-order valence-corrected chi connectivity index (χ3v) is 1.91. The van der Waals surface area contributed by atoms with Crippen molar-refractivity contribution in [3.63, 3.8) is 0 Å². The summed E-state index contributed by atoms with van der Waals surface area (Å²) in [5, 5.41) is 34.1. The van der Waals surface area contributed by atoms with Crippen molar-refractivity contribution in [3.8, 4) is 0 Å². The van der Waals surface area contributed by atoms with Gasteiger partial charge in [0.05, 0.1) is 24.7 Å². The Balaban J connectivity index is -0.00000112. The molecule has 0 spiro atoms. The van der Waals surface area contributed by atoms with E-state index in [-0.39, 0.29) is 11.0 Å². The van der Waals surface area contributed by atoms with Crippen LogP contribution in [0.5, 0.6) is 0 Å². The minimum absolute atomic E-state index is 0. The van der Waals surface area contributed by atoms with Crippen LogP contribution in [0.3, 0.4) is 0 Å². The lowest BCUT2D eigenvalue weighted by atomic mass is 9.87. The minimum atomic E-state index is -1.76. The summed E-state index contributed by atoms with van der Waals surface area (Å²) in [5.41, 5.74) is 0. The SMILES string of the molecule is O.O.O=C(O)CC(C(=O)O)C(CC(=O)O)C(=O)O. The average molecular weight is 270 g/mol. The molecule has 18 heavy (non-hydrogen) atoms. The molecular formula is C8H14O10. The van der Waals surface area contributed by atoms with Crippen molar-refractivity contribution in [3.05, 3.63) is 0 Å². The Morgan fingerprint density at radius 2 is 0.889 bits per heavy atom. The smallest absolute Gasteiger partial charge is 0.307 e. The van der Waals surface area contributed by atoms with Crippen LogP contribution in [0.15, 0.2) is 0 Å². The molecule has 0 saturated carbocycles. The van der Waals surface area contributed by atoms with Crippen molar-refractivity contribution in [1.29, 1.82) is 0 Å². The number of hydrogen-bond donors (Lipinski definition) is 4. The predicted octanol–water partition coefficient (Wildman–Crippen LogP) is -2.31. The van der Waals surface area contributed by atoms with Gasteiger partial charge in [-0.25, -0.2) is 0 Å². The Kier molecular flexibility index (Phi) is 10.4. The second-order valence-electron chi connectivity index (χ2n) is 3.09. The normalized spacial score (nSPS) is 12.2. The van der Waals surface area contributed by atoms with Crippen molar-refractivity contribution < 1.29 is 50.6 Å². The summed E-state index contributed by atoms with van der Waals surface area (Å²) in [6.07, 6.45) is -1.86. The number of carboxylic acid groups (broad SMARTS) is 4. The van der Waals surface area contributed by atoms with Gasteiger partial charge in [-0.3, -0.25) is 19.2 Å². The minimum Gasteiger partial charge on any atom is -0.481 e. The average Bonchev–Trinajstić information content (AvgIpc) is 2.09. The van der Waals surface area contributed by atoms with Crippen LogP contribution in [0.1, 0.15) is 12.8 Å². The molecule has 0 aliphatic carbocycles. The first kappa shape index (κ1) is 21.1. The zero-order valence-corrected chi connectivity index (χ0v) is 8.99. The maximum absolute atomic E-state index is 10.6. The van der Waals surface area contributed by atoms with Crippen LogP contribution in [0.2, 0.25) is 0 Å². The van der Waals surface area contributed by atoms with Crippen LogP contribution in [0.25, 0.3) is 0 Å². The Morgan fingerprint density at radius 3 is 1.00 bits per heavy atom. The fraction of sp³-hybridized carbons (Fsp3) is 0.500. The zero-order chi connectivity index (χ0) is 12.9. The number of carboxylic acids is 4. The molecule has 0 aromatic heterocycles. The largest absolute Gasteiger partial charge is 0.481 e.